The molecule has 1 aromatic carbocycles. The number of hydrogen-bond donors (Lipinski definition) is 2. The largest absolute Gasteiger partial charge is 0.379 e. The number of piperidine rings is 1. The van der Waals surface area contributed by atoms with Crippen LogP contribution in [0.4, 0.5) is 11.4 Å². The molecule has 1 unspecified atom stereocenters. The van der Waals surface area contributed by atoms with Crippen LogP contribution in [0.1, 0.15) is 46.5 Å². The molecule has 0 aromatic heterocycles. The molecule has 0 aliphatic carbocycles. The van der Waals surface area contributed by atoms with Crippen LogP contribution < -0.4 is 15.5 Å². The Labute approximate surface area is 152 Å². The lowest BCUT2D eigenvalue weighted by molar-refractivity contribution is -0.117. The second-order valence-corrected chi connectivity index (χ2v) is 7.03. The minimum atomic E-state index is -0.221. The summed E-state index contributed by atoms with van der Waals surface area (Å²) in [6.07, 6.45) is 5.03. The van der Waals surface area contributed by atoms with E-state index in [9.17, 15) is 4.79 Å². The van der Waals surface area contributed by atoms with E-state index in [-0.39, 0.29) is 18.1 Å². The zero-order valence-electron chi connectivity index (χ0n) is 15.9. The first-order valence-corrected chi connectivity index (χ1v) is 9.57. The van der Waals surface area contributed by atoms with Gasteiger partial charge >= 0.3 is 0 Å². The summed E-state index contributed by atoms with van der Waals surface area (Å²) in [7, 11) is 0. The van der Waals surface area contributed by atoms with Gasteiger partial charge in [0.25, 0.3) is 0 Å². The van der Waals surface area contributed by atoms with E-state index in [1.165, 1.54) is 24.9 Å². The van der Waals surface area contributed by atoms with Crippen LogP contribution in [0.2, 0.25) is 0 Å². The Balaban J connectivity index is 1.72. The monoisotopic (exact) mass is 347 g/mol. The molecule has 140 valence electrons. The van der Waals surface area contributed by atoms with Crippen molar-refractivity contribution in [2.75, 3.05) is 36.5 Å². The molecule has 1 amide bonds. The summed E-state index contributed by atoms with van der Waals surface area (Å²) in [5, 5.41) is 6.22. The highest BCUT2D eigenvalue weighted by molar-refractivity contribution is 5.94. The van der Waals surface area contributed by atoms with Crippen molar-refractivity contribution < 1.29 is 9.53 Å². The van der Waals surface area contributed by atoms with Gasteiger partial charge in [0.05, 0.1) is 12.1 Å². The Bertz CT molecular complexity index is 510. The molecule has 1 aromatic rings. The van der Waals surface area contributed by atoms with Gasteiger partial charge in [-0.3, -0.25) is 4.79 Å². The fourth-order valence-electron chi connectivity index (χ4n) is 2.96. The van der Waals surface area contributed by atoms with Gasteiger partial charge in [-0.25, -0.2) is 0 Å². The van der Waals surface area contributed by atoms with E-state index in [1.54, 1.807) is 0 Å². The standard InChI is InChI=1S/C20H33N3O2/c1-16(2)25-15-7-12-21-17(3)20(24)22-18-8-10-19(11-9-18)23-13-5-4-6-14-23/h8-11,16-17,21H,4-7,12-15H2,1-3H3,(H,22,24). The molecule has 1 atom stereocenters. The molecule has 5 heteroatoms. The molecule has 2 rings (SSSR count). The van der Waals surface area contributed by atoms with Crippen molar-refractivity contribution in [3.05, 3.63) is 24.3 Å². The van der Waals surface area contributed by atoms with Crippen LogP contribution in [0.15, 0.2) is 24.3 Å². The molecule has 1 fully saturated rings. The maximum Gasteiger partial charge on any atom is 0.241 e. The Morgan fingerprint density at radius 3 is 2.44 bits per heavy atom. The Morgan fingerprint density at radius 1 is 1.12 bits per heavy atom. The van der Waals surface area contributed by atoms with Crippen molar-refractivity contribution in [2.45, 2.75) is 58.6 Å². The van der Waals surface area contributed by atoms with Crippen molar-refractivity contribution in [3.63, 3.8) is 0 Å². The van der Waals surface area contributed by atoms with Crippen molar-refractivity contribution in [1.82, 2.24) is 5.32 Å². The van der Waals surface area contributed by atoms with Gasteiger partial charge in [-0.2, -0.15) is 0 Å². The summed E-state index contributed by atoms with van der Waals surface area (Å²) in [5.74, 6) is -0.00417. The van der Waals surface area contributed by atoms with Gasteiger partial charge in [-0.05, 0) is 77.3 Å². The average Bonchev–Trinajstić information content (AvgIpc) is 2.62. The second kappa shape index (κ2) is 10.4. The first-order valence-electron chi connectivity index (χ1n) is 9.57. The maximum absolute atomic E-state index is 12.3. The van der Waals surface area contributed by atoms with Crippen LogP contribution in [-0.2, 0) is 9.53 Å². The summed E-state index contributed by atoms with van der Waals surface area (Å²) >= 11 is 0. The second-order valence-electron chi connectivity index (χ2n) is 7.03. The number of nitrogens with zero attached hydrogens (tertiary/aromatic N) is 1. The molecule has 1 aliphatic heterocycles. The third-order valence-electron chi connectivity index (χ3n) is 4.47. The van der Waals surface area contributed by atoms with Gasteiger partial charge < -0.3 is 20.3 Å². The summed E-state index contributed by atoms with van der Waals surface area (Å²) in [4.78, 5) is 14.7. The van der Waals surface area contributed by atoms with Crippen LogP contribution in [0, 0.1) is 0 Å². The molecule has 0 spiro atoms. The zero-order chi connectivity index (χ0) is 18.1. The quantitative estimate of drug-likeness (QED) is 0.672. The van der Waals surface area contributed by atoms with Gasteiger partial charge in [0.15, 0.2) is 0 Å². The minimum absolute atomic E-state index is 0.00417. The van der Waals surface area contributed by atoms with Crippen LogP contribution in [0.3, 0.4) is 0 Å². The normalized spacial score (nSPS) is 16.1. The van der Waals surface area contributed by atoms with E-state index in [2.05, 4.69) is 27.7 Å². The molecule has 1 aliphatic rings. The lowest BCUT2D eigenvalue weighted by atomic mass is 10.1. The number of ether oxygens (including phenoxy) is 1. The Hall–Kier alpha value is -1.59. The van der Waals surface area contributed by atoms with E-state index < -0.39 is 0 Å². The molecule has 1 saturated heterocycles. The first-order chi connectivity index (χ1) is 12.1. The highest BCUT2D eigenvalue weighted by atomic mass is 16.5. The van der Waals surface area contributed by atoms with Gasteiger partial charge in [-0.1, -0.05) is 0 Å². The van der Waals surface area contributed by atoms with Crippen molar-refractivity contribution in [2.24, 2.45) is 0 Å². The third-order valence-corrected chi connectivity index (χ3v) is 4.47. The maximum atomic E-state index is 12.3. The van der Waals surface area contributed by atoms with Crippen LogP contribution in [-0.4, -0.2) is 44.3 Å². The van der Waals surface area contributed by atoms with Gasteiger partial charge in [-0.15, -0.1) is 0 Å². The molecular formula is C20H33N3O2. The molecule has 0 radical (unpaired) electrons. The van der Waals surface area contributed by atoms with Crippen LogP contribution in [0.5, 0.6) is 0 Å². The number of nitrogens with one attached hydrogen (secondary N) is 2. The van der Waals surface area contributed by atoms with Crippen LogP contribution >= 0.6 is 0 Å². The van der Waals surface area contributed by atoms with Gasteiger partial charge in [0, 0.05) is 31.1 Å². The molecule has 2 N–H and O–H groups in total. The molecule has 0 saturated carbocycles. The number of amides is 1. The topological polar surface area (TPSA) is 53.6 Å². The molecular weight excluding hydrogens is 314 g/mol. The highest BCUT2D eigenvalue weighted by Crippen LogP contribution is 2.21. The number of hydrogen-bond acceptors (Lipinski definition) is 4. The molecule has 5 nitrogen and oxygen atoms in total. The van der Waals surface area contributed by atoms with E-state index in [0.29, 0.717) is 0 Å². The number of carbonyl (C=O) groups excluding carboxylic acids is 1. The molecule has 1 heterocycles. The van der Waals surface area contributed by atoms with Crippen molar-refractivity contribution >= 4 is 17.3 Å². The molecule has 25 heavy (non-hydrogen) atoms. The van der Waals surface area contributed by atoms with E-state index >= 15 is 0 Å². The number of benzene rings is 1. The highest BCUT2D eigenvalue weighted by Gasteiger charge is 2.13. The number of rotatable bonds is 9. The first kappa shape index (κ1) is 19.7. The third kappa shape index (κ3) is 7.04. The lowest BCUT2D eigenvalue weighted by Gasteiger charge is -2.28. The summed E-state index contributed by atoms with van der Waals surface area (Å²) in [6.45, 7) is 9.70. The fraction of sp³-hybridized carbons (Fsp3) is 0.650. The lowest BCUT2D eigenvalue weighted by Crippen LogP contribution is -2.38. The van der Waals surface area contributed by atoms with Crippen molar-refractivity contribution in [3.8, 4) is 0 Å². The molecule has 0 bridgehead atoms. The zero-order valence-corrected chi connectivity index (χ0v) is 15.9. The SMILES string of the molecule is CC(C)OCCCNC(C)C(=O)Nc1ccc(N2CCCCC2)cc1. The summed E-state index contributed by atoms with van der Waals surface area (Å²) in [6, 6.07) is 7.96. The smallest absolute Gasteiger partial charge is 0.241 e. The predicted molar refractivity (Wildman–Crippen MR) is 104 cm³/mol. The minimum Gasteiger partial charge on any atom is -0.379 e. The average molecular weight is 348 g/mol. The van der Waals surface area contributed by atoms with E-state index in [4.69, 9.17) is 4.74 Å². The summed E-state index contributed by atoms with van der Waals surface area (Å²) in [5.41, 5.74) is 2.09. The fourth-order valence-corrected chi connectivity index (χ4v) is 2.96. The summed E-state index contributed by atoms with van der Waals surface area (Å²) < 4.78 is 5.50. The number of anilines is 2. The Morgan fingerprint density at radius 2 is 1.80 bits per heavy atom. The van der Waals surface area contributed by atoms with E-state index in [1.807, 2.05) is 32.9 Å². The predicted octanol–water partition coefficient (Wildman–Crippen LogP) is 3.41. The van der Waals surface area contributed by atoms with Crippen LogP contribution in [0.25, 0.3) is 0 Å². The van der Waals surface area contributed by atoms with Gasteiger partial charge in [0.2, 0.25) is 5.91 Å². The van der Waals surface area contributed by atoms with E-state index in [0.717, 1.165) is 38.3 Å². The van der Waals surface area contributed by atoms with Crippen molar-refractivity contribution in [1.29, 1.82) is 0 Å². The number of carbonyl (C=O) groups is 1. The Kier molecular flexibility index (Phi) is 8.22. The van der Waals surface area contributed by atoms with Gasteiger partial charge in [0.1, 0.15) is 0 Å².